The minimum atomic E-state index is -5.05. The molecule has 2 aliphatic rings. The molecule has 0 saturated heterocycles. The summed E-state index contributed by atoms with van der Waals surface area (Å²) in [4.78, 5) is 28.3. The highest BCUT2D eigenvalue weighted by atomic mass is 19.4. The summed E-state index contributed by atoms with van der Waals surface area (Å²) in [5.41, 5.74) is -1.72. The summed E-state index contributed by atoms with van der Waals surface area (Å²) in [6, 6.07) is 3.15. The second kappa shape index (κ2) is 10.5. The van der Waals surface area contributed by atoms with Gasteiger partial charge < -0.3 is 14.2 Å². The smallest absolute Gasteiger partial charge is 0.416 e. The van der Waals surface area contributed by atoms with E-state index in [1.807, 2.05) is 0 Å². The number of hydrogen-bond acceptors (Lipinski definition) is 5. The van der Waals surface area contributed by atoms with Gasteiger partial charge in [0.1, 0.15) is 5.75 Å². The second-order valence-electron chi connectivity index (χ2n) is 9.30. The monoisotopic (exact) mass is 560 g/mol. The Morgan fingerprint density at radius 3 is 2.26 bits per heavy atom. The molecule has 39 heavy (non-hydrogen) atoms. The Labute approximate surface area is 220 Å². The molecule has 2 aromatic rings. The Bertz CT molecular complexity index is 1230. The number of carbonyl (C=O) groups excluding carboxylic acids is 2. The van der Waals surface area contributed by atoms with Gasteiger partial charge >= 0.3 is 24.5 Å². The second-order valence-corrected chi connectivity index (χ2v) is 9.30. The molecule has 0 spiro atoms. The first-order valence-corrected chi connectivity index (χ1v) is 12.1. The van der Waals surface area contributed by atoms with Gasteiger partial charge in [-0.2, -0.15) is 26.3 Å². The number of methoxy groups -OCH3 is 1. The van der Waals surface area contributed by atoms with Crippen molar-refractivity contribution in [3.8, 4) is 5.75 Å². The number of ether oxygens (including phenoxy) is 3. The first kappa shape index (κ1) is 28.4. The molecule has 0 fully saturated rings. The van der Waals surface area contributed by atoms with E-state index in [4.69, 9.17) is 14.2 Å². The van der Waals surface area contributed by atoms with Crippen molar-refractivity contribution in [3.05, 3.63) is 58.1 Å². The highest BCUT2D eigenvalue weighted by molar-refractivity contribution is 5.91. The fourth-order valence-electron chi connectivity index (χ4n) is 4.99. The predicted octanol–water partition coefficient (Wildman–Crippen LogP) is 6.72. The van der Waals surface area contributed by atoms with Crippen LogP contribution >= 0.6 is 0 Å². The maximum absolute atomic E-state index is 13.5. The van der Waals surface area contributed by atoms with E-state index in [0.717, 1.165) is 17.6 Å². The van der Waals surface area contributed by atoms with Gasteiger partial charge in [-0.1, -0.05) is 0 Å². The topological polar surface area (TPSA) is 68.3 Å². The number of hydrogen-bond donors (Lipinski definition) is 0. The molecule has 2 amide bonds. The molecule has 2 heterocycles. The maximum Gasteiger partial charge on any atom is 0.416 e. The van der Waals surface area contributed by atoms with Gasteiger partial charge in [-0.25, -0.2) is 9.59 Å². The fraction of sp³-hybridized carbons (Fsp3) is 0.462. The lowest BCUT2D eigenvalue weighted by atomic mass is 9.89. The van der Waals surface area contributed by atoms with Gasteiger partial charge in [0, 0.05) is 24.6 Å². The van der Waals surface area contributed by atoms with Crippen LogP contribution in [0.25, 0.3) is 0 Å². The molecule has 0 N–H and O–H groups in total. The lowest BCUT2D eigenvalue weighted by Crippen LogP contribution is -2.47. The van der Waals surface area contributed by atoms with Crippen LogP contribution in [-0.2, 0) is 34.8 Å². The van der Waals surface area contributed by atoms with E-state index < -0.39 is 54.3 Å². The third-order valence-corrected chi connectivity index (χ3v) is 6.71. The Balaban J connectivity index is 1.83. The fourth-order valence-corrected chi connectivity index (χ4v) is 4.99. The van der Waals surface area contributed by atoms with Gasteiger partial charge in [0.05, 0.1) is 43.2 Å². The molecule has 212 valence electrons. The number of halogens is 6. The lowest BCUT2D eigenvalue weighted by Gasteiger charge is -2.42. The molecule has 7 nitrogen and oxygen atoms in total. The number of fused-ring (bicyclic) bond motifs is 2. The summed E-state index contributed by atoms with van der Waals surface area (Å²) in [6.07, 6.45) is -11.0. The lowest BCUT2D eigenvalue weighted by molar-refractivity contribution is -0.143. The van der Waals surface area contributed by atoms with Crippen LogP contribution in [0.3, 0.4) is 0 Å². The summed E-state index contributed by atoms with van der Waals surface area (Å²) in [7, 11) is 1.06. The van der Waals surface area contributed by atoms with Crippen LogP contribution < -0.4 is 9.64 Å². The van der Waals surface area contributed by atoms with Crippen LogP contribution in [0.4, 0.5) is 41.6 Å². The van der Waals surface area contributed by atoms with Gasteiger partial charge in [-0.05, 0) is 61.7 Å². The van der Waals surface area contributed by atoms with Gasteiger partial charge in [0.15, 0.2) is 0 Å². The van der Waals surface area contributed by atoms with Crippen molar-refractivity contribution in [3.63, 3.8) is 0 Å². The molecule has 0 aromatic heterocycles. The summed E-state index contributed by atoms with van der Waals surface area (Å²) in [6.45, 7) is 3.24. The quantitative estimate of drug-likeness (QED) is 0.388. The molecule has 0 aliphatic carbocycles. The number of nitrogens with zero attached hydrogens (tertiary/aromatic N) is 2. The highest BCUT2D eigenvalue weighted by Gasteiger charge is 2.42. The third-order valence-electron chi connectivity index (χ3n) is 6.71. The van der Waals surface area contributed by atoms with Gasteiger partial charge in [0.25, 0.3) is 0 Å². The molecular formula is C26H26F6N2O5. The molecule has 2 aromatic carbocycles. The Morgan fingerprint density at radius 2 is 1.69 bits per heavy atom. The number of amides is 2. The zero-order chi connectivity index (χ0) is 28.7. The van der Waals surface area contributed by atoms with Crippen LogP contribution in [0.1, 0.15) is 54.1 Å². The molecule has 0 radical (unpaired) electrons. The van der Waals surface area contributed by atoms with E-state index in [2.05, 4.69) is 0 Å². The van der Waals surface area contributed by atoms with Crippen molar-refractivity contribution in [2.24, 2.45) is 0 Å². The molecule has 2 atom stereocenters. The molecule has 13 heteroatoms. The normalized spacial score (nSPS) is 18.6. The number of rotatable bonds is 4. The van der Waals surface area contributed by atoms with Crippen molar-refractivity contribution in [1.82, 2.24) is 4.90 Å². The molecule has 0 bridgehead atoms. The standard InChI is InChI=1S/C26H26F6N2O5/c1-4-38-24(36)34-14(2)7-20(19-12-22-16(5-6-39-22)10-21(19)34)33(23(35)37-3)13-15-8-17(25(27,28)29)11-18(9-15)26(30,31)32/h8-12,14,20H,4-7,13H2,1-3H3/t14-,20+/m0/s1. The Hall–Kier alpha value is -3.64. The van der Waals surface area contributed by atoms with Crippen LogP contribution in [0.5, 0.6) is 5.75 Å². The van der Waals surface area contributed by atoms with E-state index in [-0.39, 0.29) is 24.7 Å². The number of carbonyl (C=O) groups is 2. The predicted molar refractivity (Wildman–Crippen MR) is 126 cm³/mol. The van der Waals surface area contributed by atoms with E-state index in [9.17, 15) is 35.9 Å². The van der Waals surface area contributed by atoms with E-state index >= 15 is 0 Å². The zero-order valence-electron chi connectivity index (χ0n) is 21.3. The van der Waals surface area contributed by atoms with Crippen LogP contribution in [0, 0.1) is 0 Å². The maximum atomic E-state index is 13.5. The molecule has 4 rings (SSSR count). The van der Waals surface area contributed by atoms with Crippen molar-refractivity contribution >= 4 is 17.9 Å². The van der Waals surface area contributed by atoms with Crippen molar-refractivity contribution < 1.29 is 50.1 Å². The zero-order valence-corrected chi connectivity index (χ0v) is 21.3. The van der Waals surface area contributed by atoms with Crippen LogP contribution in [-0.4, -0.2) is 43.5 Å². The largest absolute Gasteiger partial charge is 0.493 e. The van der Waals surface area contributed by atoms with Crippen molar-refractivity contribution in [1.29, 1.82) is 0 Å². The van der Waals surface area contributed by atoms with Gasteiger partial charge in [-0.15, -0.1) is 0 Å². The average Bonchev–Trinajstić information content (AvgIpc) is 3.31. The summed E-state index contributed by atoms with van der Waals surface area (Å²) >= 11 is 0. The highest BCUT2D eigenvalue weighted by Crippen LogP contribution is 2.46. The van der Waals surface area contributed by atoms with Crippen LogP contribution in [0.15, 0.2) is 30.3 Å². The van der Waals surface area contributed by atoms with E-state index in [1.54, 1.807) is 26.0 Å². The molecular weight excluding hydrogens is 534 g/mol. The summed E-state index contributed by atoms with van der Waals surface area (Å²) in [5.74, 6) is 0.514. The van der Waals surface area contributed by atoms with Gasteiger partial charge in [0.2, 0.25) is 0 Å². The first-order chi connectivity index (χ1) is 18.2. The Morgan fingerprint density at radius 1 is 1.05 bits per heavy atom. The molecule has 0 unspecified atom stereocenters. The first-order valence-electron chi connectivity index (χ1n) is 12.1. The summed E-state index contributed by atoms with van der Waals surface area (Å²) < 4.78 is 96.6. The molecule has 2 aliphatic heterocycles. The number of benzene rings is 2. The van der Waals surface area contributed by atoms with Crippen LogP contribution in [0.2, 0.25) is 0 Å². The van der Waals surface area contributed by atoms with Gasteiger partial charge in [-0.3, -0.25) is 9.80 Å². The third kappa shape index (κ3) is 5.71. The minimum Gasteiger partial charge on any atom is -0.493 e. The Kier molecular flexibility index (Phi) is 7.63. The van der Waals surface area contributed by atoms with E-state index in [0.29, 0.717) is 42.2 Å². The number of anilines is 1. The average molecular weight is 560 g/mol. The number of alkyl halides is 6. The van der Waals surface area contributed by atoms with Crippen molar-refractivity contribution in [2.75, 3.05) is 25.2 Å². The van der Waals surface area contributed by atoms with Crippen molar-refractivity contribution in [2.45, 2.75) is 57.7 Å². The summed E-state index contributed by atoms with van der Waals surface area (Å²) in [5, 5.41) is 0. The van der Waals surface area contributed by atoms with E-state index in [1.165, 1.54) is 4.90 Å². The SMILES string of the molecule is CCOC(=O)N1c2cc3c(cc2[C@H](N(Cc2cc(C(F)(F)F)cc(C(F)(F)F)c2)C(=O)OC)C[C@@H]1C)OCC3. The molecule has 0 saturated carbocycles. The minimum absolute atomic E-state index is 0.0296.